The topological polar surface area (TPSA) is 17.3 Å². The minimum atomic E-state index is -4.46. The molecular formula is C14H7BrClF3N2. The van der Waals surface area contributed by atoms with Gasteiger partial charge in [-0.25, -0.2) is 4.52 Å². The van der Waals surface area contributed by atoms with Crippen LogP contribution in [-0.2, 0) is 6.18 Å². The summed E-state index contributed by atoms with van der Waals surface area (Å²) in [5.41, 5.74) is 0.133. The molecule has 0 aliphatic rings. The van der Waals surface area contributed by atoms with E-state index in [1.165, 1.54) is 16.6 Å². The van der Waals surface area contributed by atoms with Gasteiger partial charge in [0.05, 0.1) is 16.8 Å². The van der Waals surface area contributed by atoms with E-state index >= 15 is 0 Å². The molecule has 108 valence electrons. The Balaban J connectivity index is 2.24. The van der Waals surface area contributed by atoms with Crippen LogP contribution >= 0.6 is 27.5 Å². The monoisotopic (exact) mass is 374 g/mol. The SMILES string of the molecule is FC(F)(F)c1ccc(Cl)cc1-c1cc2ccc(Br)cn2n1. The van der Waals surface area contributed by atoms with Crippen LogP contribution < -0.4 is 0 Å². The predicted molar refractivity (Wildman–Crippen MR) is 78.3 cm³/mol. The number of nitrogens with zero attached hydrogens (tertiary/aromatic N) is 2. The number of aromatic nitrogens is 2. The molecule has 0 unspecified atom stereocenters. The maximum absolute atomic E-state index is 13.1. The lowest BCUT2D eigenvalue weighted by Crippen LogP contribution is -2.07. The zero-order valence-corrected chi connectivity index (χ0v) is 12.7. The summed E-state index contributed by atoms with van der Waals surface area (Å²) in [5.74, 6) is 0. The molecule has 1 aromatic carbocycles. The third-order valence-corrected chi connectivity index (χ3v) is 3.69. The smallest absolute Gasteiger partial charge is 0.239 e. The fourth-order valence-corrected chi connectivity index (χ4v) is 2.57. The van der Waals surface area contributed by atoms with Crippen LogP contribution in [0, 0.1) is 0 Å². The lowest BCUT2D eigenvalue weighted by atomic mass is 10.0. The van der Waals surface area contributed by atoms with Crippen molar-refractivity contribution in [1.82, 2.24) is 9.61 Å². The Kier molecular flexibility index (Phi) is 3.45. The van der Waals surface area contributed by atoms with E-state index in [1.807, 2.05) is 0 Å². The average molecular weight is 376 g/mol. The molecule has 21 heavy (non-hydrogen) atoms. The van der Waals surface area contributed by atoms with E-state index in [1.54, 1.807) is 24.4 Å². The van der Waals surface area contributed by atoms with E-state index in [9.17, 15) is 13.2 Å². The zero-order valence-electron chi connectivity index (χ0n) is 10.3. The summed E-state index contributed by atoms with van der Waals surface area (Å²) in [6, 6.07) is 8.62. The average Bonchev–Trinajstić information content (AvgIpc) is 2.80. The van der Waals surface area contributed by atoms with E-state index in [0.29, 0.717) is 5.52 Å². The number of hydrogen-bond donors (Lipinski definition) is 0. The van der Waals surface area contributed by atoms with Crippen molar-refractivity contribution in [2.45, 2.75) is 6.18 Å². The summed E-state index contributed by atoms with van der Waals surface area (Å²) in [6.45, 7) is 0. The second kappa shape index (κ2) is 5.03. The third-order valence-electron chi connectivity index (χ3n) is 2.99. The summed E-state index contributed by atoms with van der Waals surface area (Å²) < 4.78 is 41.6. The standard InChI is InChI=1S/C14H7BrClF3N2/c15-8-1-3-10-6-13(20-21(10)7-8)11-5-9(16)2-4-12(11)14(17,18)19/h1-7H. The maximum atomic E-state index is 13.1. The number of hydrogen-bond acceptors (Lipinski definition) is 1. The number of benzene rings is 1. The van der Waals surface area contributed by atoms with Crippen molar-refractivity contribution in [3.05, 3.63) is 57.7 Å². The zero-order chi connectivity index (χ0) is 15.2. The van der Waals surface area contributed by atoms with Gasteiger partial charge in [-0.3, -0.25) is 0 Å². The molecule has 0 amide bonds. The first-order valence-electron chi connectivity index (χ1n) is 5.87. The van der Waals surface area contributed by atoms with Crippen molar-refractivity contribution in [3.8, 4) is 11.3 Å². The summed E-state index contributed by atoms with van der Waals surface area (Å²) in [7, 11) is 0. The molecule has 2 nitrogen and oxygen atoms in total. The summed E-state index contributed by atoms with van der Waals surface area (Å²) >= 11 is 9.13. The Morgan fingerprint density at radius 3 is 2.57 bits per heavy atom. The van der Waals surface area contributed by atoms with E-state index in [-0.39, 0.29) is 16.3 Å². The Morgan fingerprint density at radius 2 is 1.86 bits per heavy atom. The Hall–Kier alpha value is -1.53. The van der Waals surface area contributed by atoms with Gasteiger partial charge in [-0.05, 0) is 52.3 Å². The van der Waals surface area contributed by atoms with Crippen molar-refractivity contribution < 1.29 is 13.2 Å². The van der Waals surface area contributed by atoms with Crippen LogP contribution in [0.25, 0.3) is 16.8 Å². The molecule has 0 fully saturated rings. The van der Waals surface area contributed by atoms with Crippen LogP contribution in [0.3, 0.4) is 0 Å². The van der Waals surface area contributed by atoms with E-state index < -0.39 is 11.7 Å². The molecule has 0 N–H and O–H groups in total. The highest BCUT2D eigenvalue weighted by molar-refractivity contribution is 9.10. The van der Waals surface area contributed by atoms with Gasteiger partial charge < -0.3 is 0 Å². The molecule has 0 saturated heterocycles. The maximum Gasteiger partial charge on any atom is 0.417 e. The summed E-state index contributed by atoms with van der Waals surface area (Å²) in [6.07, 6.45) is -2.78. The van der Waals surface area contributed by atoms with E-state index in [2.05, 4.69) is 21.0 Å². The highest BCUT2D eigenvalue weighted by atomic mass is 79.9. The fraction of sp³-hybridized carbons (Fsp3) is 0.0714. The number of fused-ring (bicyclic) bond motifs is 1. The van der Waals surface area contributed by atoms with Gasteiger partial charge >= 0.3 is 6.18 Å². The van der Waals surface area contributed by atoms with Crippen LogP contribution in [0.5, 0.6) is 0 Å². The molecule has 0 radical (unpaired) electrons. The van der Waals surface area contributed by atoms with Crippen LogP contribution in [-0.4, -0.2) is 9.61 Å². The van der Waals surface area contributed by atoms with Crippen molar-refractivity contribution >= 4 is 33.0 Å². The van der Waals surface area contributed by atoms with E-state index in [4.69, 9.17) is 11.6 Å². The van der Waals surface area contributed by atoms with Crippen LogP contribution in [0.4, 0.5) is 13.2 Å². The number of rotatable bonds is 1. The quantitative estimate of drug-likeness (QED) is 0.554. The van der Waals surface area contributed by atoms with Crippen LogP contribution in [0.1, 0.15) is 5.56 Å². The van der Waals surface area contributed by atoms with Gasteiger partial charge in [0, 0.05) is 21.3 Å². The molecule has 0 atom stereocenters. The van der Waals surface area contributed by atoms with Gasteiger partial charge in [0.15, 0.2) is 0 Å². The second-order valence-corrected chi connectivity index (χ2v) is 5.79. The second-order valence-electron chi connectivity index (χ2n) is 4.43. The first kappa shape index (κ1) is 14.4. The first-order chi connectivity index (χ1) is 9.84. The lowest BCUT2D eigenvalue weighted by Gasteiger charge is -2.11. The highest BCUT2D eigenvalue weighted by Crippen LogP contribution is 2.38. The number of alkyl halides is 3. The molecule has 0 bridgehead atoms. The highest BCUT2D eigenvalue weighted by Gasteiger charge is 2.34. The number of halogens is 5. The van der Waals surface area contributed by atoms with Gasteiger partial charge in [-0.15, -0.1) is 0 Å². The van der Waals surface area contributed by atoms with Crippen LogP contribution in [0.2, 0.25) is 5.02 Å². The molecule has 0 spiro atoms. The van der Waals surface area contributed by atoms with Crippen molar-refractivity contribution in [3.63, 3.8) is 0 Å². The van der Waals surface area contributed by atoms with Gasteiger partial charge in [0.1, 0.15) is 0 Å². The molecule has 2 aromatic heterocycles. The molecule has 0 aliphatic carbocycles. The third kappa shape index (κ3) is 2.78. The summed E-state index contributed by atoms with van der Waals surface area (Å²) in [4.78, 5) is 0. The normalized spacial score (nSPS) is 12.0. The summed E-state index contributed by atoms with van der Waals surface area (Å²) in [5, 5.41) is 4.42. The Bertz CT molecular complexity index is 827. The minimum Gasteiger partial charge on any atom is -0.239 e. The Labute approximate surface area is 131 Å². The van der Waals surface area contributed by atoms with Gasteiger partial charge in [-0.2, -0.15) is 18.3 Å². The Morgan fingerprint density at radius 1 is 1.10 bits per heavy atom. The van der Waals surface area contributed by atoms with Crippen molar-refractivity contribution in [2.24, 2.45) is 0 Å². The molecule has 3 aromatic rings. The van der Waals surface area contributed by atoms with Crippen LogP contribution in [0.15, 0.2) is 47.1 Å². The molecule has 2 heterocycles. The molecular weight excluding hydrogens is 369 g/mol. The van der Waals surface area contributed by atoms with E-state index in [0.717, 1.165) is 10.5 Å². The van der Waals surface area contributed by atoms with Gasteiger partial charge in [0.2, 0.25) is 0 Å². The lowest BCUT2D eigenvalue weighted by molar-refractivity contribution is -0.137. The van der Waals surface area contributed by atoms with Gasteiger partial charge in [0.25, 0.3) is 0 Å². The first-order valence-corrected chi connectivity index (χ1v) is 7.04. The molecule has 0 aliphatic heterocycles. The molecule has 0 saturated carbocycles. The van der Waals surface area contributed by atoms with Crippen molar-refractivity contribution in [1.29, 1.82) is 0 Å². The number of pyridine rings is 1. The minimum absolute atomic E-state index is 0.0326. The molecule has 3 rings (SSSR count). The fourth-order valence-electron chi connectivity index (χ4n) is 2.07. The van der Waals surface area contributed by atoms with Crippen molar-refractivity contribution in [2.75, 3.05) is 0 Å². The largest absolute Gasteiger partial charge is 0.417 e. The predicted octanol–water partition coefficient (Wildman–Crippen LogP) is 5.44. The van der Waals surface area contributed by atoms with Gasteiger partial charge in [-0.1, -0.05) is 11.6 Å². The molecule has 7 heteroatoms.